The average Bonchev–Trinajstić information content (AvgIpc) is 2.34. The van der Waals surface area contributed by atoms with Gasteiger partial charge in [0.1, 0.15) is 5.68 Å². The molecule has 0 saturated heterocycles. The summed E-state index contributed by atoms with van der Waals surface area (Å²) in [5.41, 5.74) is -1.98. The van der Waals surface area contributed by atoms with Crippen LogP contribution in [0.5, 0.6) is 0 Å². The summed E-state index contributed by atoms with van der Waals surface area (Å²) in [4.78, 5) is 10.4. The molecule has 0 saturated carbocycles. The van der Waals surface area contributed by atoms with Gasteiger partial charge in [-0.2, -0.15) is 11.3 Å². The minimum Gasteiger partial charge on any atom is -0.443 e. The number of thiophene rings is 1. The average molecular weight is 218 g/mol. The van der Waals surface area contributed by atoms with Crippen LogP contribution in [0.3, 0.4) is 0 Å². The third kappa shape index (κ3) is 3.31. The van der Waals surface area contributed by atoms with E-state index >= 15 is 0 Å². The predicted molar refractivity (Wildman–Crippen MR) is 37.7 cm³/mol. The molecule has 12 heavy (non-hydrogen) atoms. The van der Waals surface area contributed by atoms with Crippen LogP contribution in [0.4, 0.5) is 12.9 Å². The van der Waals surface area contributed by atoms with Crippen molar-refractivity contribution in [3.8, 4) is 0 Å². The molecule has 0 aromatic carbocycles. The molecule has 1 aromatic heterocycles. The summed E-state index contributed by atoms with van der Waals surface area (Å²) >= 11 is 1.07. The van der Waals surface area contributed by atoms with Gasteiger partial charge in [0.2, 0.25) is 0 Å². The van der Waals surface area contributed by atoms with Crippen molar-refractivity contribution < 1.29 is 69.1 Å². The minimum absolute atomic E-state index is 0. The summed E-state index contributed by atoms with van der Waals surface area (Å²) in [5, 5.41) is 2.63. The number of halogens is 3. The van der Waals surface area contributed by atoms with Crippen LogP contribution < -0.4 is 51.4 Å². The van der Waals surface area contributed by atoms with Crippen molar-refractivity contribution in [1.82, 2.24) is 0 Å². The van der Waals surface area contributed by atoms with Crippen molar-refractivity contribution in [1.29, 1.82) is 0 Å². The molecule has 1 aromatic rings. The van der Waals surface area contributed by atoms with E-state index < -0.39 is 12.7 Å². The van der Waals surface area contributed by atoms with Crippen molar-refractivity contribution in [2.75, 3.05) is 0 Å². The zero-order valence-electron chi connectivity index (χ0n) is 6.26. The van der Waals surface area contributed by atoms with Crippen molar-refractivity contribution in [2.24, 2.45) is 0 Å². The van der Waals surface area contributed by atoms with Crippen LogP contribution in [0.1, 0.15) is 10.4 Å². The normalized spacial score (nSPS) is 10.6. The Balaban J connectivity index is 0.00000121. The molecule has 0 aliphatic carbocycles. The Kier molecular flexibility index (Phi) is 5.27. The maximum Gasteiger partial charge on any atom is 1.00 e. The van der Waals surface area contributed by atoms with Crippen LogP contribution in [0.25, 0.3) is 0 Å². The zero-order chi connectivity index (χ0) is 8.48. The van der Waals surface area contributed by atoms with Crippen LogP contribution in [-0.2, 0) is 0 Å². The maximum atomic E-state index is 11.7. The topological polar surface area (TPSA) is 17.1 Å². The van der Waals surface area contributed by atoms with Crippen molar-refractivity contribution in [3.05, 3.63) is 22.4 Å². The summed E-state index contributed by atoms with van der Waals surface area (Å²) in [5.74, 6) is 0. The molecule has 1 nitrogen and oxygen atoms in total. The fourth-order valence-corrected chi connectivity index (χ4v) is 1.24. The Morgan fingerprint density at radius 3 is 2.33 bits per heavy atom. The van der Waals surface area contributed by atoms with E-state index in [0.29, 0.717) is 0 Å². The van der Waals surface area contributed by atoms with Gasteiger partial charge >= 0.3 is 58.4 Å². The molecular weight excluding hydrogens is 215 g/mol. The Bertz CT molecular complexity index is 258. The second-order valence-electron chi connectivity index (χ2n) is 1.95. The smallest absolute Gasteiger partial charge is 0.443 e. The summed E-state index contributed by atoms with van der Waals surface area (Å²) in [6.07, 6.45) is 0. The number of hydrogen-bond acceptors (Lipinski definition) is 2. The SMILES string of the molecule is O=C(c1ccsc1)[B-](F)(F)F.[K+]. The quantitative estimate of drug-likeness (QED) is 0.601. The monoisotopic (exact) mass is 218 g/mol. The van der Waals surface area contributed by atoms with Crippen LogP contribution >= 0.6 is 11.3 Å². The van der Waals surface area contributed by atoms with Gasteiger partial charge in [-0.1, -0.05) is 0 Å². The standard InChI is InChI=1S/C5H3BF3OS.K/c7-6(8,9)5(10)4-1-2-11-3-4;/h1-3H;/q-1;+1. The van der Waals surface area contributed by atoms with E-state index in [1.54, 1.807) is 0 Å². The molecule has 7 heteroatoms. The first-order valence-corrected chi connectivity index (χ1v) is 3.72. The summed E-state index contributed by atoms with van der Waals surface area (Å²) in [7, 11) is 0. The summed E-state index contributed by atoms with van der Waals surface area (Å²) < 4.78 is 35.2. The van der Waals surface area contributed by atoms with Crippen molar-refractivity contribution >= 4 is 24.0 Å². The van der Waals surface area contributed by atoms with Crippen LogP contribution in [0.2, 0.25) is 0 Å². The Morgan fingerprint density at radius 1 is 1.42 bits per heavy atom. The van der Waals surface area contributed by atoms with Crippen molar-refractivity contribution in [3.63, 3.8) is 0 Å². The van der Waals surface area contributed by atoms with Gasteiger partial charge in [0.05, 0.1) is 0 Å². The van der Waals surface area contributed by atoms with Gasteiger partial charge < -0.3 is 17.7 Å². The van der Waals surface area contributed by atoms with Gasteiger partial charge in [-0.25, -0.2) is 0 Å². The predicted octanol–water partition coefficient (Wildman–Crippen LogP) is -0.679. The van der Waals surface area contributed by atoms with Gasteiger partial charge in [-0.3, -0.25) is 0 Å². The van der Waals surface area contributed by atoms with Crippen LogP contribution in [-0.4, -0.2) is 12.7 Å². The number of carbonyl (C=O) groups is 1. The third-order valence-electron chi connectivity index (χ3n) is 1.10. The molecule has 60 valence electrons. The van der Waals surface area contributed by atoms with Crippen LogP contribution in [0.15, 0.2) is 16.8 Å². The molecule has 1 heterocycles. The Hall–Kier alpha value is 0.861. The zero-order valence-corrected chi connectivity index (χ0v) is 10.2. The first-order chi connectivity index (χ1) is 5.02. The van der Waals surface area contributed by atoms with E-state index in [2.05, 4.69) is 0 Å². The first kappa shape index (κ1) is 12.9. The second-order valence-corrected chi connectivity index (χ2v) is 2.73. The molecule has 0 amide bonds. The molecule has 0 aliphatic heterocycles. The molecule has 0 radical (unpaired) electrons. The van der Waals surface area contributed by atoms with Gasteiger partial charge in [0, 0.05) is 0 Å². The first-order valence-electron chi connectivity index (χ1n) is 2.78. The molecule has 0 N–H and O–H groups in total. The fourth-order valence-electron chi connectivity index (χ4n) is 0.594. The van der Waals surface area contributed by atoms with Crippen molar-refractivity contribution in [2.45, 2.75) is 0 Å². The molecule has 0 atom stereocenters. The number of hydrogen-bond donors (Lipinski definition) is 0. The van der Waals surface area contributed by atoms with E-state index in [1.807, 2.05) is 0 Å². The van der Waals surface area contributed by atoms with Gasteiger partial charge in [-0.15, -0.1) is 0 Å². The summed E-state index contributed by atoms with van der Waals surface area (Å²) in [6.45, 7) is -5.36. The molecule has 0 fully saturated rings. The minimum atomic E-state index is -5.36. The molecule has 0 aliphatic rings. The molecule has 0 bridgehead atoms. The largest absolute Gasteiger partial charge is 1.00 e. The maximum absolute atomic E-state index is 11.7. The number of rotatable bonds is 2. The van der Waals surface area contributed by atoms with Crippen LogP contribution in [0, 0.1) is 0 Å². The molecular formula is C5H3BF3KOS. The fraction of sp³-hybridized carbons (Fsp3) is 0. The van der Waals surface area contributed by atoms with E-state index in [-0.39, 0.29) is 56.9 Å². The third-order valence-corrected chi connectivity index (χ3v) is 1.79. The van der Waals surface area contributed by atoms with Gasteiger partial charge in [-0.05, 0) is 22.4 Å². The summed E-state index contributed by atoms with van der Waals surface area (Å²) in [6, 6.07) is 1.17. The molecule has 0 unspecified atom stereocenters. The van der Waals surface area contributed by atoms with Gasteiger partial charge in [0.15, 0.2) is 0 Å². The second kappa shape index (κ2) is 4.92. The molecule has 0 spiro atoms. The van der Waals surface area contributed by atoms with E-state index in [0.717, 1.165) is 11.3 Å². The Labute approximate surface area is 114 Å². The number of carbonyl (C=O) groups excluding carboxylic acids is 1. The van der Waals surface area contributed by atoms with E-state index in [1.165, 1.54) is 16.8 Å². The van der Waals surface area contributed by atoms with E-state index in [9.17, 15) is 17.7 Å². The van der Waals surface area contributed by atoms with Gasteiger partial charge in [0.25, 0.3) is 0 Å². The molecule has 1 rings (SSSR count). The Morgan fingerprint density at radius 2 is 2.00 bits per heavy atom. The van der Waals surface area contributed by atoms with E-state index in [4.69, 9.17) is 0 Å².